The van der Waals surface area contributed by atoms with Gasteiger partial charge in [-0.05, 0) is 30.5 Å². The molecule has 4 rings (SSSR count). The molecule has 1 amide bonds. The minimum atomic E-state index is -2.57. The zero-order chi connectivity index (χ0) is 21.6. The molecule has 1 saturated carbocycles. The van der Waals surface area contributed by atoms with Crippen molar-refractivity contribution >= 4 is 23.5 Å². The topological polar surface area (TPSA) is 103 Å². The quantitative estimate of drug-likeness (QED) is 0.568. The van der Waals surface area contributed by atoms with Crippen LogP contribution in [-0.2, 0) is 13.1 Å². The third kappa shape index (κ3) is 3.86. The molecule has 10 heteroatoms. The maximum absolute atomic E-state index is 13.0. The Hall–Kier alpha value is -2.68. The minimum Gasteiger partial charge on any atom is -0.370 e. The van der Waals surface area contributed by atoms with Crippen molar-refractivity contribution in [2.24, 2.45) is 22.4 Å². The van der Waals surface area contributed by atoms with E-state index in [0.717, 1.165) is 11.1 Å². The van der Waals surface area contributed by atoms with Gasteiger partial charge >= 0.3 is 0 Å². The number of nitrogens with zero attached hydrogens (tertiary/aromatic N) is 4. The van der Waals surface area contributed by atoms with Gasteiger partial charge in [-0.25, -0.2) is 8.78 Å². The Bertz CT molecular complexity index is 1030. The van der Waals surface area contributed by atoms with Gasteiger partial charge in [0.15, 0.2) is 5.96 Å². The van der Waals surface area contributed by atoms with Gasteiger partial charge in [-0.3, -0.25) is 14.5 Å². The van der Waals surface area contributed by atoms with Crippen molar-refractivity contribution in [1.29, 1.82) is 0 Å². The van der Waals surface area contributed by atoms with Crippen molar-refractivity contribution in [2.75, 3.05) is 13.1 Å². The molecule has 1 aliphatic heterocycles. The van der Waals surface area contributed by atoms with Gasteiger partial charge in [0, 0.05) is 36.5 Å². The second-order valence-corrected chi connectivity index (χ2v) is 8.38. The number of nitrogens with two attached hydrogens (primary N) is 2. The third-order valence-electron chi connectivity index (χ3n) is 5.67. The van der Waals surface area contributed by atoms with E-state index in [1.54, 1.807) is 16.8 Å². The third-order valence-corrected chi connectivity index (χ3v) is 6.09. The highest BCUT2D eigenvalue weighted by molar-refractivity contribution is 6.31. The fourth-order valence-electron chi connectivity index (χ4n) is 4.00. The zero-order valence-corrected chi connectivity index (χ0v) is 17.3. The Balaban J connectivity index is 1.57. The van der Waals surface area contributed by atoms with E-state index in [1.807, 2.05) is 17.9 Å². The average molecular weight is 437 g/mol. The van der Waals surface area contributed by atoms with Crippen LogP contribution in [0.25, 0.3) is 11.3 Å². The lowest BCUT2D eigenvalue weighted by atomic mass is 9.81. The number of guanidine groups is 1. The molecular weight excluding hydrogens is 414 g/mol. The van der Waals surface area contributed by atoms with E-state index in [2.05, 4.69) is 10.1 Å². The van der Waals surface area contributed by atoms with Crippen molar-refractivity contribution in [3.63, 3.8) is 0 Å². The lowest BCUT2D eigenvalue weighted by Crippen LogP contribution is -2.44. The van der Waals surface area contributed by atoms with E-state index >= 15 is 0 Å². The highest BCUT2D eigenvalue weighted by Crippen LogP contribution is 2.42. The fourth-order valence-corrected chi connectivity index (χ4v) is 4.12. The minimum absolute atomic E-state index is 0.144. The molecule has 1 aliphatic carbocycles. The van der Waals surface area contributed by atoms with E-state index < -0.39 is 11.8 Å². The predicted octanol–water partition coefficient (Wildman–Crippen LogP) is 2.79. The summed E-state index contributed by atoms with van der Waals surface area (Å²) in [7, 11) is 0. The highest BCUT2D eigenvalue weighted by Gasteiger charge is 2.45. The number of fused-ring (bicyclic) bond motifs is 1. The molecule has 0 atom stereocenters. The Kier molecular flexibility index (Phi) is 5.17. The molecular formula is C20H23ClF2N6O. The number of carbonyl (C=O) groups is 1. The number of primary amides is 1. The standard InChI is InChI=1S/C20H23ClF2N6O/c1-11-6-13(2-3-14(11)21)17-16(18(24)30)15-10-28(4-5-29(15)27-17)19(25)26-9-12-7-20(22,23)8-12/h2-3,6,12H,4-5,7-10H2,1H3,(H2,24,30)(H2,25,26). The Labute approximate surface area is 177 Å². The van der Waals surface area contributed by atoms with Crippen molar-refractivity contribution in [3.05, 3.63) is 40.0 Å². The Morgan fingerprint density at radius 3 is 2.70 bits per heavy atom. The van der Waals surface area contributed by atoms with E-state index in [9.17, 15) is 13.6 Å². The van der Waals surface area contributed by atoms with E-state index in [-0.39, 0.29) is 31.3 Å². The first-order valence-corrected chi connectivity index (χ1v) is 10.1. The van der Waals surface area contributed by atoms with Gasteiger partial charge in [0.2, 0.25) is 5.92 Å². The molecule has 0 bridgehead atoms. The van der Waals surface area contributed by atoms with Crippen molar-refractivity contribution in [2.45, 2.75) is 38.8 Å². The van der Waals surface area contributed by atoms with Gasteiger partial charge in [-0.15, -0.1) is 0 Å². The second-order valence-electron chi connectivity index (χ2n) is 7.97. The molecule has 1 fully saturated rings. The molecule has 1 aromatic carbocycles. The van der Waals surface area contributed by atoms with Crippen LogP contribution in [0.4, 0.5) is 8.78 Å². The molecule has 7 nitrogen and oxygen atoms in total. The summed E-state index contributed by atoms with van der Waals surface area (Å²) in [5, 5.41) is 5.23. The number of halogens is 3. The molecule has 2 aliphatic rings. The van der Waals surface area contributed by atoms with Gasteiger partial charge in [-0.1, -0.05) is 17.7 Å². The normalized spacial score (nSPS) is 18.8. The summed E-state index contributed by atoms with van der Waals surface area (Å²) in [5.74, 6) is -3.01. The first kappa shape index (κ1) is 20.6. The van der Waals surface area contributed by atoms with Gasteiger partial charge in [0.05, 0.1) is 24.3 Å². The monoisotopic (exact) mass is 436 g/mol. The number of hydrogen-bond donors (Lipinski definition) is 2. The van der Waals surface area contributed by atoms with E-state index in [1.165, 1.54) is 0 Å². The molecule has 30 heavy (non-hydrogen) atoms. The summed E-state index contributed by atoms with van der Waals surface area (Å²) >= 11 is 6.12. The molecule has 0 unspecified atom stereocenters. The maximum Gasteiger partial charge on any atom is 0.252 e. The van der Waals surface area contributed by atoms with Gasteiger partial charge in [0.25, 0.3) is 5.91 Å². The molecule has 0 spiro atoms. The van der Waals surface area contributed by atoms with Crippen molar-refractivity contribution in [1.82, 2.24) is 14.7 Å². The molecule has 160 valence electrons. The van der Waals surface area contributed by atoms with Gasteiger partial charge in [0.1, 0.15) is 5.69 Å². The number of hydrogen-bond acceptors (Lipinski definition) is 3. The molecule has 2 heterocycles. The Morgan fingerprint density at radius 1 is 1.33 bits per heavy atom. The van der Waals surface area contributed by atoms with Crippen LogP contribution < -0.4 is 11.5 Å². The number of aromatic nitrogens is 2. The summed E-state index contributed by atoms with van der Waals surface area (Å²) in [5.41, 5.74) is 14.9. The SMILES string of the molecule is Cc1cc(-c2nn3c(c2C(N)=O)CN(C(N)=NCC2CC(F)(F)C2)CC3)ccc1Cl. The van der Waals surface area contributed by atoms with Crippen LogP contribution in [0.3, 0.4) is 0 Å². The van der Waals surface area contributed by atoms with E-state index in [4.69, 9.17) is 23.1 Å². The van der Waals surface area contributed by atoms with Crippen LogP contribution >= 0.6 is 11.6 Å². The summed E-state index contributed by atoms with van der Waals surface area (Å²) in [6.45, 7) is 3.51. The summed E-state index contributed by atoms with van der Waals surface area (Å²) in [6.07, 6.45) is -0.293. The first-order valence-electron chi connectivity index (χ1n) is 9.73. The van der Waals surface area contributed by atoms with Crippen LogP contribution in [0.1, 0.15) is 34.5 Å². The highest BCUT2D eigenvalue weighted by atomic mass is 35.5. The Morgan fingerprint density at radius 2 is 2.07 bits per heavy atom. The van der Waals surface area contributed by atoms with E-state index in [0.29, 0.717) is 41.6 Å². The summed E-state index contributed by atoms with van der Waals surface area (Å²) in [6, 6.07) is 5.43. The van der Waals surface area contributed by atoms with Crippen LogP contribution in [0.5, 0.6) is 0 Å². The van der Waals surface area contributed by atoms with Crippen LogP contribution in [-0.4, -0.2) is 45.6 Å². The average Bonchev–Trinajstić information content (AvgIpc) is 3.05. The molecule has 4 N–H and O–H groups in total. The first-order chi connectivity index (χ1) is 14.1. The number of aryl methyl sites for hydroxylation is 1. The van der Waals surface area contributed by atoms with Crippen LogP contribution in [0.15, 0.2) is 23.2 Å². The van der Waals surface area contributed by atoms with Crippen LogP contribution in [0.2, 0.25) is 5.02 Å². The molecule has 0 radical (unpaired) electrons. The fraction of sp³-hybridized carbons (Fsp3) is 0.450. The number of alkyl halides is 2. The van der Waals surface area contributed by atoms with Gasteiger partial charge in [-0.2, -0.15) is 5.10 Å². The summed E-state index contributed by atoms with van der Waals surface area (Å²) < 4.78 is 27.7. The van der Waals surface area contributed by atoms with Crippen LogP contribution in [0, 0.1) is 12.8 Å². The van der Waals surface area contributed by atoms with Gasteiger partial charge < -0.3 is 16.4 Å². The number of amides is 1. The maximum atomic E-state index is 13.0. The number of benzene rings is 1. The van der Waals surface area contributed by atoms with Crippen molar-refractivity contribution < 1.29 is 13.6 Å². The second kappa shape index (κ2) is 7.54. The zero-order valence-electron chi connectivity index (χ0n) is 16.5. The lowest BCUT2D eigenvalue weighted by Gasteiger charge is -2.34. The predicted molar refractivity (Wildman–Crippen MR) is 110 cm³/mol. The molecule has 0 saturated heterocycles. The van der Waals surface area contributed by atoms with Crippen molar-refractivity contribution in [3.8, 4) is 11.3 Å². The number of rotatable bonds is 4. The number of carbonyl (C=O) groups excluding carboxylic acids is 1. The number of aliphatic imine (C=N–C) groups is 1. The summed E-state index contributed by atoms with van der Waals surface area (Å²) in [4.78, 5) is 18.4. The largest absolute Gasteiger partial charge is 0.370 e. The molecule has 2 aromatic rings. The lowest BCUT2D eigenvalue weighted by molar-refractivity contribution is -0.107. The molecule has 1 aromatic heterocycles. The smallest absolute Gasteiger partial charge is 0.252 e.